The summed E-state index contributed by atoms with van der Waals surface area (Å²) in [5.74, 6) is -0.282. The number of para-hydroxylation sites is 1. The summed E-state index contributed by atoms with van der Waals surface area (Å²) in [6.07, 6.45) is 2.03. The standard InChI is InChI=1S/C22H23NO4/c1-16-21-20(22(24)26-16)14-19(23(27-21)18-10-6-3-7-11-18)12-13-25-15-17-8-4-2-5-9-17/h2-11,14,16,19,21H,12-13,15H2,1H3/t16-,19+,21-/m0/s1. The second-order valence-electron chi connectivity index (χ2n) is 6.81. The number of carbonyl (C=O) groups excluding carboxylic acids is 1. The molecule has 27 heavy (non-hydrogen) atoms. The van der Waals surface area contributed by atoms with Gasteiger partial charge in [0.1, 0.15) is 6.10 Å². The third-order valence-electron chi connectivity index (χ3n) is 4.84. The van der Waals surface area contributed by atoms with Crippen LogP contribution >= 0.6 is 0 Å². The van der Waals surface area contributed by atoms with Crippen molar-refractivity contribution in [3.05, 3.63) is 77.9 Å². The molecule has 2 aromatic carbocycles. The van der Waals surface area contributed by atoms with Gasteiger partial charge in [0, 0.05) is 6.61 Å². The summed E-state index contributed by atoms with van der Waals surface area (Å²) in [5.41, 5.74) is 2.71. The molecule has 0 bridgehead atoms. The molecule has 0 radical (unpaired) electrons. The normalized spacial score (nSPS) is 24.3. The van der Waals surface area contributed by atoms with E-state index in [-0.39, 0.29) is 24.2 Å². The van der Waals surface area contributed by atoms with Crippen LogP contribution in [0.4, 0.5) is 5.69 Å². The number of anilines is 1. The average Bonchev–Trinajstić information content (AvgIpc) is 2.99. The summed E-state index contributed by atoms with van der Waals surface area (Å²) in [6.45, 7) is 2.99. The fraction of sp³-hybridized carbons (Fsp3) is 0.318. The van der Waals surface area contributed by atoms with Crippen LogP contribution in [0.3, 0.4) is 0 Å². The zero-order valence-corrected chi connectivity index (χ0v) is 15.3. The Bertz CT molecular complexity index is 806. The highest BCUT2D eigenvalue weighted by Gasteiger charge is 2.44. The monoisotopic (exact) mass is 365 g/mol. The summed E-state index contributed by atoms with van der Waals surface area (Å²) in [6, 6.07) is 19.9. The topological polar surface area (TPSA) is 48.0 Å². The zero-order chi connectivity index (χ0) is 18.6. The van der Waals surface area contributed by atoms with Crippen LogP contribution in [-0.4, -0.2) is 30.8 Å². The van der Waals surface area contributed by atoms with E-state index in [1.807, 2.05) is 78.7 Å². The van der Waals surface area contributed by atoms with Gasteiger partial charge in [-0.05, 0) is 37.1 Å². The molecule has 2 aliphatic rings. The van der Waals surface area contributed by atoms with Gasteiger partial charge in [-0.25, -0.2) is 9.86 Å². The minimum absolute atomic E-state index is 0.0905. The number of fused-ring (bicyclic) bond motifs is 1. The molecule has 0 N–H and O–H groups in total. The molecule has 2 aliphatic heterocycles. The fourth-order valence-corrected chi connectivity index (χ4v) is 3.44. The maximum atomic E-state index is 12.1. The van der Waals surface area contributed by atoms with Gasteiger partial charge in [-0.1, -0.05) is 48.5 Å². The molecule has 2 aromatic rings. The second kappa shape index (κ2) is 7.94. The lowest BCUT2D eigenvalue weighted by atomic mass is 10.0. The first-order valence-electron chi connectivity index (χ1n) is 9.28. The predicted octanol–water partition coefficient (Wildman–Crippen LogP) is 3.65. The molecule has 0 spiro atoms. The first-order chi connectivity index (χ1) is 13.2. The van der Waals surface area contributed by atoms with Crippen LogP contribution in [0.5, 0.6) is 0 Å². The smallest absolute Gasteiger partial charge is 0.337 e. The van der Waals surface area contributed by atoms with E-state index in [0.717, 1.165) is 11.3 Å². The Morgan fingerprint density at radius 2 is 1.74 bits per heavy atom. The largest absolute Gasteiger partial charge is 0.456 e. The second-order valence-corrected chi connectivity index (χ2v) is 6.81. The van der Waals surface area contributed by atoms with Crippen molar-refractivity contribution in [3.8, 4) is 0 Å². The van der Waals surface area contributed by atoms with Crippen LogP contribution < -0.4 is 5.06 Å². The highest BCUT2D eigenvalue weighted by Crippen LogP contribution is 2.34. The summed E-state index contributed by atoms with van der Waals surface area (Å²) >= 11 is 0. The van der Waals surface area contributed by atoms with E-state index >= 15 is 0 Å². The summed E-state index contributed by atoms with van der Waals surface area (Å²) in [4.78, 5) is 18.3. The predicted molar refractivity (Wildman–Crippen MR) is 102 cm³/mol. The number of benzene rings is 2. The minimum Gasteiger partial charge on any atom is -0.456 e. The molecule has 1 saturated heterocycles. The van der Waals surface area contributed by atoms with Crippen molar-refractivity contribution < 1.29 is 19.1 Å². The van der Waals surface area contributed by atoms with Gasteiger partial charge in [-0.2, -0.15) is 0 Å². The van der Waals surface area contributed by atoms with Crippen molar-refractivity contribution in [2.45, 2.75) is 38.2 Å². The highest BCUT2D eigenvalue weighted by atomic mass is 16.7. The van der Waals surface area contributed by atoms with Crippen LogP contribution in [0.2, 0.25) is 0 Å². The minimum atomic E-state index is -0.362. The molecular weight excluding hydrogens is 342 g/mol. The number of carbonyl (C=O) groups is 1. The van der Waals surface area contributed by atoms with Gasteiger partial charge in [0.2, 0.25) is 0 Å². The third kappa shape index (κ3) is 3.89. The van der Waals surface area contributed by atoms with Crippen molar-refractivity contribution in [1.82, 2.24) is 0 Å². The molecule has 0 aromatic heterocycles. The molecule has 0 aliphatic carbocycles. The van der Waals surface area contributed by atoms with E-state index in [1.54, 1.807) is 0 Å². The molecule has 1 fully saturated rings. The molecule has 4 rings (SSSR count). The molecule has 140 valence electrons. The number of hydrogen-bond acceptors (Lipinski definition) is 5. The molecule has 0 saturated carbocycles. The Morgan fingerprint density at radius 1 is 1.04 bits per heavy atom. The van der Waals surface area contributed by atoms with E-state index in [0.29, 0.717) is 25.2 Å². The van der Waals surface area contributed by atoms with Crippen LogP contribution in [-0.2, 0) is 25.7 Å². The van der Waals surface area contributed by atoms with Gasteiger partial charge in [0.15, 0.2) is 6.10 Å². The number of hydroxylamine groups is 1. The first kappa shape index (κ1) is 17.8. The Kier molecular flexibility index (Phi) is 5.23. The summed E-state index contributed by atoms with van der Waals surface area (Å²) in [5, 5.41) is 1.87. The lowest BCUT2D eigenvalue weighted by molar-refractivity contribution is -0.139. The Labute approximate surface area is 159 Å². The van der Waals surface area contributed by atoms with Crippen LogP contribution in [0, 0.1) is 0 Å². The van der Waals surface area contributed by atoms with Gasteiger partial charge < -0.3 is 9.47 Å². The van der Waals surface area contributed by atoms with Crippen molar-refractivity contribution in [1.29, 1.82) is 0 Å². The lowest BCUT2D eigenvalue weighted by Gasteiger charge is -2.37. The van der Waals surface area contributed by atoms with Crippen molar-refractivity contribution in [2.24, 2.45) is 0 Å². The number of hydrogen-bond donors (Lipinski definition) is 0. The molecular formula is C22H23NO4. The molecule has 0 amide bonds. The maximum Gasteiger partial charge on any atom is 0.337 e. The van der Waals surface area contributed by atoms with E-state index in [1.165, 1.54) is 0 Å². The van der Waals surface area contributed by atoms with E-state index in [9.17, 15) is 4.79 Å². The van der Waals surface area contributed by atoms with Gasteiger partial charge in [-0.15, -0.1) is 0 Å². The average molecular weight is 365 g/mol. The highest BCUT2D eigenvalue weighted by molar-refractivity contribution is 5.92. The molecule has 3 atom stereocenters. The number of rotatable bonds is 6. The summed E-state index contributed by atoms with van der Waals surface area (Å²) < 4.78 is 11.2. The quantitative estimate of drug-likeness (QED) is 0.578. The van der Waals surface area contributed by atoms with E-state index in [2.05, 4.69) is 0 Å². The number of esters is 1. The van der Waals surface area contributed by atoms with Crippen molar-refractivity contribution >= 4 is 11.7 Å². The van der Waals surface area contributed by atoms with Gasteiger partial charge in [0.05, 0.1) is 23.9 Å². The SMILES string of the molecule is C[C@@H]1OC(=O)C2=C[C@@H](CCOCc3ccccc3)N(c3ccccc3)O[C@H]21. The van der Waals surface area contributed by atoms with Crippen molar-refractivity contribution in [2.75, 3.05) is 11.7 Å². The van der Waals surface area contributed by atoms with Crippen molar-refractivity contribution in [3.63, 3.8) is 0 Å². The number of cyclic esters (lactones) is 1. The zero-order valence-electron chi connectivity index (χ0n) is 15.3. The fourth-order valence-electron chi connectivity index (χ4n) is 3.44. The Balaban J connectivity index is 1.46. The third-order valence-corrected chi connectivity index (χ3v) is 4.84. The molecule has 0 unspecified atom stereocenters. The molecule has 5 nitrogen and oxygen atoms in total. The molecule has 5 heteroatoms. The summed E-state index contributed by atoms with van der Waals surface area (Å²) in [7, 11) is 0. The Morgan fingerprint density at radius 3 is 2.48 bits per heavy atom. The number of ether oxygens (including phenoxy) is 2. The first-order valence-corrected chi connectivity index (χ1v) is 9.28. The van der Waals surface area contributed by atoms with Gasteiger partial charge in [0.25, 0.3) is 0 Å². The lowest BCUT2D eigenvalue weighted by Crippen LogP contribution is -2.45. The van der Waals surface area contributed by atoms with Gasteiger partial charge in [-0.3, -0.25) is 4.84 Å². The number of nitrogens with zero attached hydrogens (tertiary/aromatic N) is 1. The Hall–Kier alpha value is -2.63. The van der Waals surface area contributed by atoms with E-state index in [4.69, 9.17) is 14.3 Å². The van der Waals surface area contributed by atoms with Crippen LogP contribution in [0.15, 0.2) is 72.3 Å². The van der Waals surface area contributed by atoms with Crippen LogP contribution in [0.25, 0.3) is 0 Å². The van der Waals surface area contributed by atoms with E-state index < -0.39 is 0 Å². The van der Waals surface area contributed by atoms with Crippen LogP contribution in [0.1, 0.15) is 18.9 Å². The van der Waals surface area contributed by atoms with Gasteiger partial charge >= 0.3 is 5.97 Å². The maximum absolute atomic E-state index is 12.1. The molecule has 2 heterocycles.